The van der Waals surface area contributed by atoms with Crippen LogP contribution in [0.5, 0.6) is 0 Å². The third-order valence-electron chi connectivity index (χ3n) is 6.20. The number of anilines is 1. The molecule has 1 fully saturated rings. The Kier molecular flexibility index (Phi) is 10.3. The topological polar surface area (TPSA) is 156 Å². The number of ether oxygens (including phenoxy) is 5. The first kappa shape index (κ1) is 31.4. The Bertz CT molecular complexity index is 1520. The minimum absolute atomic E-state index is 0.272. The molecule has 1 aliphatic rings. The molecule has 2 heterocycles. The fraction of sp³-hybridized carbons (Fsp3) is 0.333. The van der Waals surface area contributed by atoms with Crippen molar-refractivity contribution in [1.29, 1.82) is 0 Å². The molecule has 43 heavy (non-hydrogen) atoms. The summed E-state index contributed by atoms with van der Waals surface area (Å²) in [5.74, 6) is -3.24. The third-order valence-corrected chi connectivity index (χ3v) is 7.43. The second kappa shape index (κ2) is 14.1. The van der Waals surface area contributed by atoms with Gasteiger partial charge in [-0.05, 0) is 24.3 Å². The predicted molar refractivity (Wildman–Crippen MR) is 154 cm³/mol. The van der Waals surface area contributed by atoms with Gasteiger partial charge in [0.1, 0.15) is 18.1 Å². The number of carbonyl (C=O) groups is 5. The van der Waals surface area contributed by atoms with Crippen LogP contribution in [0.1, 0.15) is 38.1 Å². The van der Waals surface area contributed by atoms with Crippen molar-refractivity contribution in [3.8, 4) is 0 Å². The van der Waals surface area contributed by atoms with E-state index in [-0.39, 0.29) is 12.2 Å². The van der Waals surface area contributed by atoms with Crippen LogP contribution in [-0.4, -0.2) is 71.2 Å². The summed E-state index contributed by atoms with van der Waals surface area (Å²) in [4.78, 5) is 66.3. The van der Waals surface area contributed by atoms with E-state index in [9.17, 15) is 24.0 Å². The van der Waals surface area contributed by atoms with E-state index >= 15 is 0 Å². The number of esters is 4. The summed E-state index contributed by atoms with van der Waals surface area (Å²) in [5.41, 5.74) is 0.306. The number of fused-ring (bicyclic) bond motifs is 1. The molecule has 0 aliphatic carbocycles. The van der Waals surface area contributed by atoms with Gasteiger partial charge in [-0.25, -0.2) is 0 Å². The molecule has 0 unspecified atom stereocenters. The Balaban J connectivity index is 1.69. The SMILES string of the molecule is CC(=O)OC[C@H]1O[C@@H](Sc2ccccc2C(=O)Nc2cccc3cccnc23)[C@H](OC(C)=O)[C@@H](OC(C)=O)[C@@H]1OC(C)=O. The summed E-state index contributed by atoms with van der Waals surface area (Å²) < 4.78 is 27.8. The van der Waals surface area contributed by atoms with Crippen molar-refractivity contribution in [2.45, 2.75) is 62.4 Å². The lowest BCUT2D eigenvalue weighted by molar-refractivity contribution is -0.237. The Morgan fingerprint density at radius 2 is 1.44 bits per heavy atom. The first-order valence-corrected chi connectivity index (χ1v) is 14.1. The van der Waals surface area contributed by atoms with Crippen LogP contribution >= 0.6 is 11.8 Å². The number of nitrogens with one attached hydrogen (secondary N) is 1. The smallest absolute Gasteiger partial charge is 0.303 e. The number of amides is 1. The number of hydrogen-bond donors (Lipinski definition) is 1. The Labute approximate surface area is 251 Å². The highest BCUT2D eigenvalue weighted by Gasteiger charge is 2.52. The molecule has 12 nitrogen and oxygen atoms in total. The van der Waals surface area contributed by atoms with Crippen molar-refractivity contribution >= 4 is 58.1 Å². The molecule has 4 rings (SSSR count). The number of nitrogens with zero attached hydrogens (tertiary/aromatic N) is 1. The van der Waals surface area contributed by atoms with Gasteiger partial charge in [0.15, 0.2) is 18.3 Å². The largest absolute Gasteiger partial charge is 0.463 e. The zero-order valence-electron chi connectivity index (χ0n) is 23.8. The van der Waals surface area contributed by atoms with E-state index in [1.54, 1.807) is 48.7 Å². The van der Waals surface area contributed by atoms with Gasteiger partial charge in [0.05, 0.1) is 16.8 Å². The number of rotatable bonds is 9. The number of aromatic nitrogens is 1. The van der Waals surface area contributed by atoms with Gasteiger partial charge in [0.2, 0.25) is 0 Å². The molecule has 1 aliphatic heterocycles. The van der Waals surface area contributed by atoms with Crippen molar-refractivity contribution in [2.75, 3.05) is 11.9 Å². The average Bonchev–Trinajstić information content (AvgIpc) is 2.95. The molecule has 1 aromatic heterocycles. The third kappa shape index (κ3) is 8.08. The van der Waals surface area contributed by atoms with Gasteiger partial charge < -0.3 is 29.0 Å². The summed E-state index contributed by atoms with van der Waals surface area (Å²) in [6.07, 6.45) is -3.35. The molecule has 1 amide bonds. The maximum atomic E-state index is 13.5. The first-order chi connectivity index (χ1) is 20.5. The number of benzene rings is 2. The summed E-state index contributed by atoms with van der Waals surface area (Å²) >= 11 is 1.03. The summed E-state index contributed by atoms with van der Waals surface area (Å²) in [6, 6.07) is 15.8. The lowest BCUT2D eigenvalue weighted by Crippen LogP contribution is -2.61. The van der Waals surface area contributed by atoms with Crippen LogP contribution in [0.3, 0.4) is 0 Å². The number of carbonyl (C=O) groups excluding carboxylic acids is 5. The number of pyridine rings is 1. The first-order valence-electron chi connectivity index (χ1n) is 13.2. The zero-order valence-corrected chi connectivity index (χ0v) is 24.6. The molecule has 0 bridgehead atoms. The number of hydrogen-bond acceptors (Lipinski definition) is 12. The van der Waals surface area contributed by atoms with Gasteiger partial charge in [0, 0.05) is 44.2 Å². The number of thioether (sulfide) groups is 1. The van der Waals surface area contributed by atoms with Crippen LogP contribution in [-0.2, 0) is 42.9 Å². The van der Waals surface area contributed by atoms with Gasteiger partial charge >= 0.3 is 23.9 Å². The molecule has 0 radical (unpaired) electrons. The van der Waals surface area contributed by atoms with E-state index < -0.39 is 59.6 Å². The van der Waals surface area contributed by atoms with Gasteiger partial charge in [-0.15, -0.1) is 0 Å². The van der Waals surface area contributed by atoms with E-state index in [1.165, 1.54) is 6.92 Å². The zero-order chi connectivity index (χ0) is 31.1. The Hall–Kier alpha value is -4.49. The molecule has 1 saturated heterocycles. The van der Waals surface area contributed by atoms with Crippen LogP contribution in [0.15, 0.2) is 65.7 Å². The van der Waals surface area contributed by atoms with Crippen LogP contribution in [0, 0.1) is 0 Å². The minimum atomic E-state index is -1.32. The second-order valence-corrected chi connectivity index (χ2v) is 10.7. The Morgan fingerprint density at radius 3 is 2.14 bits per heavy atom. The maximum Gasteiger partial charge on any atom is 0.303 e. The Morgan fingerprint density at radius 1 is 0.791 bits per heavy atom. The maximum absolute atomic E-state index is 13.5. The highest BCUT2D eigenvalue weighted by molar-refractivity contribution is 8.00. The normalized spacial score (nSPS) is 21.3. The quantitative estimate of drug-likeness (QED) is 0.277. The molecule has 5 atom stereocenters. The highest BCUT2D eigenvalue weighted by Crippen LogP contribution is 2.39. The highest BCUT2D eigenvalue weighted by atomic mass is 32.2. The standard InChI is InChI=1S/C30H30N2O10S/c1-16(33)38-15-23-26(39-17(2)34)27(40-18(3)35)28(41-19(4)36)30(42-23)43-24-13-6-5-11-21(24)29(37)32-22-12-7-9-20-10-8-14-31-25(20)22/h5-14,23,26-28,30H,15H2,1-4H3,(H,32,37)/t23-,26-,27+,28-,30+/m1/s1. The summed E-state index contributed by atoms with van der Waals surface area (Å²) in [7, 11) is 0. The van der Waals surface area contributed by atoms with Gasteiger partial charge in [-0.1, -0.05) is 42.1 Å². The number of para-hydroxylation sites is 1. The predicted octanol–water partition coefficient (Wildman–Crippen LogP) is 3.66. The molecule has 1 N–H and O–H groups in total. The van der Waals surface area contributed by atoms with Crippen molar-refractivity contribution in [2.24, 2.45) is 0 Å². The summed E-state index contributed by atoms with van der Waals surface area (Å²) in [5, 5.41) is 3.75. The van der Waals surface area contributed by atoms with Crippen molar-refractivity contribution in [3.05, 3.63) is 66.4 Å². The molecule has 13 heteroatoms. The van der Waals surface area contributed by atoms with Crippen LogP contribution in [0.4, 0.5) is 5.69 Å². The molecular weight excluding hydrogens is 580 g/mol. The summed E-state index contributed by atoms with van der Waals surface area (Å²) in [6.45, 7) is 4.30. The fourth-order valence-electron chi connectivity index (χ4n) is 4.56. The molecule has 0 spiro atoms. The van der Waals surface area contributed by atoms with Crippen LogP contribution in [0.25, 0.3) is 10.9 Å². The van der Waals surface area contributed by atoms with Gasteiger partial charge in [0.25, 0.3) is 5.91 Å². The lowest BCUT2D eigenvalue weighted by Gasteiger charge is -2.44. The molecule has 3 aromatic rings. The van der Waals surface area contributed by atoms with E-state index in [1.807, 2.05) is 12.1 Å². The van der Waals surface area contributed by atoms with Gasteiger partial charge in [-0.3, -0.25) is 29.0 Å². The minimum Gasteiger partial charge on any atom is -0.463 e. The lowest BCUT2D eigenvalue weighted by atomic mass is 9.99. The van der Waals surface area contributed by atoms with Crippen LogP contribution in [0.2, 0.25) is 0 Å². The van der Waals surface area contributed by atoms with E-state index in [0.717, 1.165) is 37.9 Å². The molecule has 2 aromatic carbocycles. The van der Waals surface area contributed by atoms with E-state index in [0.29, 0.717) is 16.1 Å². The second-order valence-electron chi connectivity index (χ2n) is 9.52. The van der Waals surface area contributed by atoms with Crippen molar-refractivity contribution in [1.82, 2.24) is 4.98 Å². The average molecular weight is 611 g/mol. The van der Waals surface area contributed by atoms with E-state index in [2.05, 4.69) is 10.3 Å². The van der Waals surface area contributed by atoms with Crippen LogP contribution < -0.4 is 5.32 Å². The van der Waals surface area contributed by atoms with Crippen molar-refractivity contribution in [3.63, 3.8) is 0 Å². The fourth-order valence-corrected chi connectivity index (χ4v) is 5.80. The molecule has 0 saturated carbocycles. The van der Waals surface area contributed by atoms with Gasteiger partial charge in [-0.2, -0.15) is 0 Å². The van der Waals surface area contributed by atoms with E-state index in [4.69, 9.17) is 23.7 Å². The molecule has 226 valence electrons. The monoisotopic (exact) mass is 610 g/mol. The van der Waals surface area contributed by atoms with Crippen molar-refractivity contribution < 1.29 is 47.7 Å². The molecular formula is C30H30N2O10S.